The summed E-state index contributed by atoms with van der Waals surface area (Å²) in [5.41, 5.74) is 1.13. The van der Waals surface area contributed by atoms with Crippen molar-refractivity contribution in [3.05, 3.63) is 41.7 Å². The summed E-state index contributed by atoms with van der Waals surface area (Å²) in [4.78, 5) is 24.7. The number of carbonyl (C=O) groups is 2. The highest BCUT2D eigenvalue weighted by atomic mass is 16.5. The number of ether oxygens (including phenoxy) is 1. The van der Waals surface area contributed by atoms with Gasteiger partial charge >= 0.3 is 0 Å². The molecule has 144 valence electrons. The van der Waals surface area contributed by atoms with Crippen molar-refractivity contribution in [2.75, 3.05) is 12.4 Å². The number of methoxy groups -OCH3 is 1. The Morgan fingerprint density at radius 2 is 2.00 bits per heavy atom. The number of rotatable bonds is 8. The summed E-state index contributed by atoms with van der Waals surface area (Å²) in [7, 11) is 1.63. The van der Waals surface area contributed by atoms with Crippen LogP contribution in [0.1, 0.15) is 43.4 Å². The van der Waals surface area contributed by atoms with Gasteiger partial charge in [0.2, 0.25) is 11.8 Å². The van der Waals surface area contributed by atoms with E-state index in [1.165, 1.54) is 0 Å². The van der Waals surface area contributed by atoms with E-state index in [0.717, 1.165) is 24.2 Å². The Morgan fingerprint density at radius 1 is 1.30 bits per heavy atom. The second-order valence-corrected chi connectivity index (χ2v) is 7.02. The van der Waals surface area contributed by atoms with Gasteiger partial charge in [0.05, 0.1) is 7.11 Å². The van der Waals surface area contributed by atoms with E-state index in [0.29, 0.717) is 23.9 Å². The first kappa shape index (κ1) is 18.9. The fraction of sp³-hybridized carbons (Fsp3) is 0.450. The van der Waals surface area contributed by atoms with Crippen molar-refractivity contribution in [1.29, 1.82) is 0 Å². The number of hydrogen-bond acceptors (Lipinski definition) is 5. The zero-order chi connectivity index (χ0) is 19.4. The number of hydrogen-bond donors (Lipinski definition) is 2. The van der Waals surface area contributed by atoms with Gasteiger partial charge in [0.25, 0.3) is 0 Å². The molecular weight excluding hydrogens is 346 g/mol. The summed E-state index contributed by atoms with van der Waals surface area (Å²) in [6.45, 7) is 3.39. The maximum Gasteiger partial charge on any atom is 0.247 e. The van der Waals surface area contributed by atoms with Crippen molar-refractivity contribution < 1.29 is 18.8 Å². The first-order valence-electron chi connectivity index (χ1n) is 9.13. The Balaban J connectivity index is 1.56. The average Bonchev–Trinajstić information content (AvgIpc) is 3.42. The third-order valence-electron chi connectivity index (χ3n) is 4.79. The largest absolute Gasteiger partial charge is 0.497 e. The van der Waals surface area contributed by atoms with Crippen molar-refractivity contribution in [3.63, 3.8) is 0 Å². The molecule has 1 aromatic heterocycles. The van der Waals surface area contributed by atoms with Gasteiger partial charge in [0, 0.05) is 12.5 Å². The Morgan fingerprint density at radius 3 is 2.56 bits per heavy atom. The van der Waals surface area contributed by atoms with Gasteiger partial charge in [-0.25, -0.2) is 0 Å². The Labute approximate surface area is 158 Å². The molecule has 0 saturated heterocycles. The van der Waals surface area contributed by atoms with E-state index in [-0.39, 0.29) is 17.7 Å². The number of carbonyl (C=O) groups excluding carboxylic acids is 2. The second kappa shape index (κ2) is 8.24. The van der Waals surface area contributed by atoms with Crippen molar-refractivity contribution in [3.8, 4) is 5.75 Å². The molecule has 3 rings (SSSR count). The minimum Gasteiger partial charge on any atom is -0.497 e. The Kier molecular flexibility index (Phi) is 5.78. The van der Waals surface area contributed by atoms with E-state index in [1.807, 2.05) is 24.3 Å². The molecule has 2 aromatic rings. The molecule has 1 aromatic carbocycles. The lowest BCUT2D eigenvalue weighted by Crippen LogP contribution is -2.42. The zero-order valence-corrected chi connectivity index (χ0v) is 15.8. The van der Waals surface area contributed by atoms with E-state index >= 15 is 0 Å². The van der Waals surface area contributed by atoms with Crippen LogP contribution in [0.25, 0.3) is 0 Å². The van der Waals surface area contributed by atoms with Crippen molar-refractivity contribution >= 4 is 17.6 Å². The standard InChI is InChI=1S/C20H25N3O4/c1-12-10-18(23-27-12)22-20(25)13(2)21-19(24)11-17(14-4-5-14)15-6-8-16(26-3)9-7-15/h6-10,13-14,17H,4-5,11H2,1-3H3,(H,21,24)(H,22,23,25)/t13-,17?/m0/s1. The number of aromatic nitrogens is 1. The van der Waals surface area contributed by atoms with E-state index in [1.54, 1.807) is 27.0 Å². The number of benzene rings is 1. The summed E-state index contributed by atoms with van der Waals surface area (Å²) in [6.07, 6.45) is 2.62. The number of aryl methyl sites for hydroxylation is 1. The van der Waals surface area contributed by atoms with Crippen LogP contribution in [0.2, 0.25) is 0 Å². The molecule has 1 heterocycles. The molecule has 1 aliphatic carbocycles. The zero-order valence-electron chi connectivity index (χ0n) is 15.8. The van der Waals surface area contributed by atoms with E-state index in [2.05, 4.69) is 15.8 Å². The van der Waals surface area contributed by atoms with E-state index in [9.17, 15) is 9.59 Å². The van der Waals surface area contributed by atoms with Crippen LogP contribution < -0.4 is 15.4 Å². The maximum atomic E-state index is 12.5. The average molecular weight is 371 g/mol. The van der Waals surface area contributed by atoms with Gasteiger partial charge in [-0.15, -0.1) is 0 Å². The van der Waals surface area contributed by atoms with Crippen LogP contribution in [0.3, 0.4) is 0 Å². The van der Waals surface area contributed by atoms with Gasteiger partial charge < -0.3 is 19.9 Å². The van der Waals surface area contributed by atoms with Gasteiger partial charge in [-0.05, 0) is 56.2 Å². The van der Waals surface area contributed by atoms with Crippen LogP contribution in [0.5, 0.6) is 5.75 Å². The molecule has 0 spiro atoms. The monoisotopic (exact) mass is 371 g/mol. The van der Waals surface area contributed by atoms with Gasteiger partial charge in [-0.3, -0.25) is 9.59 Å². The summed E-state index contributed by atoms with van der Waals surface area (Å²) < 4.78 is 10.1. The number of amides is 2. The highest BCUT2D eigenvalue weighted by molar-refractivity contribution is 5.96. The van der Waals surface area contributed by atoms with Crippen molar-refractivity contribution in [1.82, 2.24) is 10.5 Å². The normalized spacial score (nSPS) is 15.7. The lowest BCUT2D eigenvalue weighted by Gasteiger charge is -2.19. The first-order chi connectivity index (χ1) is 13.0. The van der Waals surface area contributed by atoms with Crippen molar-refractivity contribution in [2.24, 2.45) is 5.92 Å². The Bertz CT molecular complexity index is 796. The molecule has 1 unspecified atom stereocenters. The summed E-state index contributed by atoms with van der Waals surface area (Å²) in [5, 5.41) is 9.13. The smallest absolute Gasteiger partial charge is 0.247 e. The number of nitrogens with zero attached hydrogens (tertiary/aromatic N) is 1. The molecule has 2 atom stereocenters. The molecule has 27 heavy (non-hydrogen) atoms. The minimum atomic E-state index is -0.662. The van der Waals surface area contributed by atoms with Crippen LogP contribution in [0.15, 0.2) is 34.9 Å². The third kappa shape index (κ3) is 5.09. The van der Waals surface area contributed by atoms with Gasteiger partial charge in [0.15, 0.2) is 5.82 Å². The van der Waals surface area contributed by atoms with E-state index in [4.69, 9.17) is 9.26 Å². The molecule has 0 radical (unpaired) electrons. The highest BCUT2D eigenvalue weighted by Gasteiger charge is 2.34. The second-order valence-electron chi connectivity index (χ2n) is 7.02. The summed E-state index contributed by atoms with van der Waals surface area (Å²) in [6, 6.07) is 8.82. The van der Waals surface area contributed by atoms with E-state index < -0.39 is 6.04 Å². The highest BCUT2D eigenvalue weighted by Crippen LogP contribution is 2.44. The predicted molar refractivity (Wildman–Crippen MR) is 101 cm³/mol. The summed E-state index contributed by atoms with van der Waals surface area (Å²) in [5.74, 6) is 1.95. The lowest BCUT2D eigenvalue weighted by molar-refractivity contribution is -0.126. The first-order valence-corrected chi connectivity index (χ1v) is 9.13. The molecule has 0 aliphatic heterocycles. The molecule has 7 nitrogen and oxygen atoms in total. The fourth-order valence-electron chi connectivity index (χ4n) is 3.13. The van der Waals surface area contributed by atoms with Crippen LogP contribution >= 0.6 is 0 Å². The molecule has 2 amide bonds. The fourth-order valence-corrected chi connectivity index (χ4v) is 3.13. The minimum absolute atomic E-state index is 0.137. The van der Waals surface area contributed by atoms with Gasteiger partial charge in [0.1, 0.15) is 17.6 Å². The quantitative estimate of drug-likeness (QED) is 0.744. The molecule has 2 N–H and O–H groups in total. The molecule has 1 aliphatic rings. The SMILES string of the molecule is COc1ccc(C(CC(=O)N[C@@H](C)C(=O)Nc2cc(C)on2)C2CC2)cc1. The maximum absolute atomic E-state index is 12.5. The third-order valence-corrected chi connectivity index (χ3v) is 4.79. The van der Waals surface area contributed by atoms with Gasteiger partial charge in [-0.2, -0.15) is 0 Å². The van der Waals surface area contributed by atoms with Crippen LogP contribution in [0, 0.1) is 12.8 Å². The predicted octanol–water partition coefficient (Wildman–Crippen LogP) is 3.02. The molecule has 7 heteroatoms. The molecular formula is C20H25N3O4. The lowest BCUT2D eigenvalue weighted by atomic mass is 9.90. The van der Waals surface area contributed by atoms with Crippen molar-refractivity contribution in [2.45, 2.75) is 45.1 Å². The van der Waals surface area contributed by atoms with Crippen LogP contribution in [-0.2, 0) is 9.59 Å². The molecule has 1 fully saturated rings. The van der Waals surface area contributed by atoms with Crippen LogP contribution in [-0.4, -0.2) is 30.1 Å². The Hall–Kier alpha value is -2.83. The topological polar surface area (TPSA) is 93.5 Å². The molecule has 1 saturated carbocycles. The number of anilines is 1. The van der Waals surface area contributed by atoms with Crippen LogP contribution in [0.4, 0.5) is 5.82 Å². The molecule has 0 bridgehead atoms. The number of nitrogens with one attached hydrogen (secondary N) is 2. The van der Waals surface area contributed by atoms with Gasteiger partial charge in [-0.1, -0.05) is 17.3 Å². The summed E-state index contributed by atoms with van der Waals surface area (Å²) >= 11 is 0.